The molecule has 1 aromatic heterocycles. The second-order valence-corrected chi connectivity index (χ2v) is 13.2. The van der Waals surface area contributed by atoms with Crippen molar-refractivity contribution in [3.8, 4) is 39.8 Å². The Morgan fingerprint density at radius 3 is 1.77 bits per heavy atom. The molecule has 4 aromatic rings. The van der Waals surface area contributed by atoms with E-state index >= 15 is 0 Å². The number of unbranched alkanes of at least 4 members (excludes halogenated alkanes) is 3. The van der Waals surface area contributed by atoms with Crippen LogP contribution < -0.4 is 9.30 Å². The molecular formula is C43H50N3O+. The van der Waals surface area contributed by atoms with Crippen LogP contribution in [-0.4, -0.2) is 5.87 Å². The van der Waals surface area contributed by atoms with Crippen LogP contribution >= 0.6 is 0 Å². The highest BCUT2D eigenvalue weighted by Gasteiger charge is 2.41. The average molecular weight is 625 g/mol. The first-order valence-corrected chi connectivity index (χ1v) is 17.8. The average Bonchev–Trinajstić information content (AvgIpc) is 3.12. The SMILES string of the molecule is CCCCC(CC)C[n+]1ccc(-c2ccc3c(c2)C(CCCC)(CCCC)c2cc(-c4ccc(C(=C=N)C#N)cc4)ccc2O3)cc1. The van der Waals surface area contributed by atoms with Crippen LogP contribution in [-0.2, 0) is 12.0 Å². The molecule has 5 rings (SSSR count). The molecule has 0 fully saturated rings. The highest BCUT2D eigenvalue weighted by molar-refractivity contribution is 5.96. The number of fused-ring (bicyclic) bond motifs is 2. The second-order valence-electron chi connectivity index (χ2n) is 13.2. The van der Waals surface area contributed by atoms with Gasteiger partial charge in [-0.15, -0.1) is 0 Å². The van der Waals surface area contributed by atoms with E-state index in [9.17, 15) is 5.26 Å². The van der Waals surface area contributed by atoms with Crippen molar-refractivity contribution in [3.05, 3.63) is 102 Å². The minimum absolute atomic E-state index is 0.153. The Bertz CT molecular complexity index is 1730. The fourth-order valence-electron chi connectivity index (χ4n) is 7.21. The third-order valence-electron chi connectivity index (χ3n) is 10.1. The zero-order valence-corrected chi connectivity index (χ0v) is 28.7. The number of rotatable bonds is 15. The number of allylic oxidation sites excluding steroid dienone is 1. The standard InChI is InChI=1S/C43H50N3O/c1-5-9-12-32(8-4)31-46-25-21-35(22-26-46)37-18-20-42-40(28-37)43(23-10-6-2,24-11-7-3)39-27-36(17-19-41(39)47-42)33-13-15-34(16-14-33)38(29-44)30-45/h13-22,25-28,32,44H,5-12,23-24,31H2,1-4H3/q+1. The molecule has 1 aliphatic rings. The molecular weight excluding hydrogens is 574 g/mol. The van der Waals surface area contributed by atoms with Crippen LogP contribution in [0.4, 0.5) is 0 Å². The van der Waals surface area contributed by atoms with E-state index in [0.717, 1.165) is 73.6 Å². The Hall–Kier alpha value is -4.45. The lowest BCUT2D eigenvalue weighted by atomic mass is 9.65. The molecule has 47 heavy (non-hydrogen) atoms. The van der Waals surface area contributed by atoms with Gasteiger partial charge in [-0.25, -0.2) is 4.57 Å². The lowest BCUT2D eigenvalue weighted by molar-refractivity contribution is -0.703. The normalized spacial score (nSPS) is 13.4. The Morgan fingerprint density at radius 2 is 1.28 bits per heavy atom. The van der Waals surface area contributed by atoms with Crippen LogP contribution in [0.2, 0.25) is 0 Å². The highest BCUT2D eigenvalue weighted by atomic mass is 16.5. The van der Waals surface area contributed by atoms with Crippen LogP contribution in [0.1, 0.15) is 109 Å². The summed E-state index contributed by atoms with van der Waals surface area (Å²) in [5.74, 6) is 4.90. The van der Waals surface area contributed by atoms with Gasteiger partial charge >= 0.3 is 0 Å². The van der Waals surface area contributed by atoms with Gasteiger partial charge in [0.2, 0.25) is 0 Å². The summed E-state index contributed by atoms with van der Waals surface area (Å²) in [6, 6.07) is 28.0. The van der Waals surface area contributed by atoms with Gasteiger partial charge in [0.15, 0.2) is 18.9 Å². The van der Waals surface area contributed by atoms with E-state index in [2.05, 4.69) is 105 Å². The number of hydrogen-bond acceptors (Lipinski definition) is 3. The topological polar surface area (TPSA) is 60.8 Å². The van der Waals surface area contributed by atoms with E-state index in [-0.39, 0.29) is 11.0 Å². The Labute approximate surface area is 282 Å². The van der Waals surface area contributed by atoms with Crippen molar-refractivity contribution < 1.29 is 9.30 Å². The Morgan fingerprint density at radius 1 is 0.745 bits per heavy atom. The lowest BCUT2D eigenvalue weighted by Crippen LogP contribution is -2.36. The first-order chi connectivity index (χ1) is 23.0. The third-order valence-corrected chi connectivity index (χ3v) is 10.1. The Balaban J connectivity index is 1.55. The van der Waals surface area contributed by atoms with Crippen LogP contribution in [0.3, 0.4) is 0 Å². The largest absolute Gasteiger partial charge is 0.457 e. The zero-order valence-electron chi connectivity index (χ0n) is 28.7. The maximum atomic E-state index is 9.36. The van der Waals surface area contributed by atoms with Gasteiger partial charge < -0.3 is 4.74 Å². The molecule has 1 N–H and O–H groups in total. The second kappa shape index (κ2) is 15.9. The van der Waals surface area contributed by atoms with Gasteiger partial charge in [-0.3, -0.25) is 5.41 Å². The number of benzene rings is 3. The highest BCUT2D eigenvalue weighted by Crippen LogP contribution is 2.54. The number of pyridine rings is 1. The molecule has 1 unspecified atom stereocenters. The molecule has 242 valence electrons. The van der Waals surface area contributed by atoms with Crippen LogP contribution in [0.15, 0.2) is 85.2 Å². The summed E-state index contributed by atoms with van der Waals surface area (Å²) in [7, 11) is 0. The van der Waals surface area contributed by atoms with Crippen molar-refractivity contribution >= 4 is 11.4 Å². The third kappa shape index (κ3) is 7.43. The van der Waals surface area contributed by atoms with Gasteiger partial charge in [0.05, 0.1) is 0 Å². The van der Waals surface area contributed by atoms with Crippen molar-refractivity contribution in [2.45, 2.75) is 104 Å². The lowest BCUT2D eigenvalue weighted by Gasteiger charge is -2.41. The van der Waals surface area contributed by atoms with Gasteiger partial charge in [-0.05, 0) is 78.1 Å². The Kier molecular flexibility index (Phi) is 11.5. The van der Waals surface area contributed by atoms with E-state index in [1.165, 1.54) is 47.9 Å². The maximum Gasteiger partial charge on any atom is 0.169 e. The first kappa shape index (κ1) is 33.9. The number of nitrogens with zero attached hydrogens (tertiary/aromatic N) is 2. The molecule has 4 heteroatoms. The molecule has 4 nitrogen and oxygen atoms in total. The molecule has 0 aliphatic carbocycles. The van der Waals surface area contributed by atoms with Crippen molar-refractivity contribution in [3.63, 3.8) is 0 Å². The zero-order chi connectivity index (χ0) is 33.2. The van der Waals surface area contributed by atoms with Crippen molar-refractivity contribution in [2.75, 3.05) is 0 Å². The monoisotopic (exact) mass is 624 g/mol. The van der Waals surface area contributed by atoms with Crippen molar-refractivity contribution in [2.24, 2.45) is 5.92 Å². The number of hydrogen-bond donors (Lipinski definition) is 1. The minimum atomic E-state index is -0.153. The summed E-state index contributed by atoms with van der Waals surface area (Å²) in [6.45, 7) is 10.2. The predicted octanol–water partition coefficient (Wildman–Crippen LogP) is 11.5. The van der Waals surface area contributed by atoms with Crippen LogP contribution in [0, 0.1) is 22.7 Å². The summed E-state index contributed by atoms with van der Waals surface area (Å²) >= 11 is 0. The van der Waals surface area contributed by atoms with E-state index in [1.54, 1.807) is 0 Å². The van der Waals surface area contributed by atoms with E-state index in [0.29, 0.717) is 5.56 Å². The number of nitrogens with one attached hydrogen (secondary N) is 1. The van der Waals surface area contributed by atoms with Crippen molar-refractivity contribution in [1.29, 1.82) is 10.7 Å². The molecule has 0 bridgehead atoms. The number of ether oxygens (including phenoxy) is 1. The van der Waals surface area contributed by atoms with Crippen LogP contribution in [0.5, 0.6) is 11.5 Å². The maximum absolute atomic E-state index is 9.36. The summed E-state index contributed by atoms with van der Waals surface area (Å²) < 4.78 is 9.04. The van der Waals surface area contributed by atoms with E-state index in [4.69, 9.17) is 10.1 Å². The van der Waals surface area contributed by atoms with Gasteiger partial charge in [0.25, 0.3) is 0 Å². The molecule has 1 atom stereocenters. The summed E-state index contributed by atoms with van der Waals surface area (Å²) in [6.07, 6.45) is 16.3. The van der Waals surface area contributed by atoms with Gasteiger partial charge in [-0.1, -0.05) is 103 Å². The minimum Gasteiger partial charge on any atom is -0.457 e. The molecule has 0 spiro atoms. The smallest absolute Gasteiger partial charge is 0.169 e. The first-order valence-electron chi connectivity index (χ1n) is 17.8. The predicted molar refractivity (Wildman–Crippen MR) is 194 cm³/mol. The summed E-state index contributed by atoms with van der Waals surface area (Å²) in [5.41, 5.74) is 8.05. The summed E-state index contributed by atoms with van der Waals surface area (Å²) in [4.78, 5) is 0. The molecule has 3 aromatic carbocycles. The molecule has 0 saturated heterocycles. The van der Waals surface area contributed by atoms with E-state index < -0.39 is 0 Å². The number of nitriles is 1. The van der Waals surface area contributed by atoms with Crippen molar-refractivity contribution in [1.82, 2.24) is 0 Å². The quantitative estimate of drug-likeness (QED) is 0.0812. The van der Waals surface area contributed by atoms with Gasteiger partial charge in [0, 0.05) is 40.2 Å². The van der Waals surface area contributed by atoms with E-state index in [1.807, 2.05) is 24.3 Å². The van der Waals surface area contributed by atoms with Gasteiger partial charge in [0.1, 0.15) is 23.1 Å². The molecule has 0 radical (unpaired) electrons. The molecule has 1 aliphatic heterocycles. The summed E-state index contributed by atoms with van der Waals surface area (Å²) in [5, 5.41) is 16.8. The fourth-order valence-corrected chi connectivity index (χ4v) is 7.21. The molecule has 0 saturated carbocycles. The molecule has 0 amide bonds. The molecule has 2 heterocycles. The fraction of sp³-hybridized carbons (Fsp3) is 0.395. The van der Waals surface area contributed by atoms with Gasteiger partial charge in [-0.2, -0.15) is 5.26 Å². The van der Waals surface area contributed by atoms with Crippen LogP contribution in [0.25, 0.3) is 27.8 Å². The number of aromatic nitrogens is 1.